The third-order valence-corrected chi connectivity index (χ3v) is 5.41. The summed E-state index contributed by atoms with van der Waals surface area (Å²) in [7, 11) is 0. The van der Waals surface area contributed by atoms with Gasteiger partial charge in [-0.05, 0) is 23.6 Å². The van der Waals surface area contributed by atoms with E-state index in [1.165, 1.54) is 11.6 Å². The van der Waals surface area contributed by atoms with Crippen LogP contribution < -0.4 is 0 Å². The van der Waals surface area contributed by atoms with Crippen molar-refractivity contribution >= 4 is 5.71 Å². The van der Waals surface area contributed by atoms with Crippen LogP contribution in [0.4, 0.5) is 4.39 Å². The summed E-state index contributed by atoms with van der Waals surface area (Å²) in [5, 5.41) is 14.9. The molecule has 1 heterocycles. The molecule has 1 N–H and O–H groups in total. The van der Waals surface area contributed by atoms with E-state index in [0.717, 1.165) is 5.56 Å². The molecule has 4 nitrogen and oxygen atoms in total. The minimum atomic E-state index is -0.500. The average Bonchev–Trinajstić information content (AvgIpc) is 3.23. The largest absolute Gasteiger partial charge is 0.391 e. The van der Waals surface area contributed by atoms with Gasteiger partial charge in [0.25, 0.3) is 0 Å². The molecule has 3 aromatic carbocycles. The van der Waals surface area contributed by atoms with E-state index in [-0.39, 0.29) is 11.9 Å². The van der Waals surface area contributed by atoms with Gasteiger partial charge in [0.05, 0.1) is 11.8 Å². The third-order valence-electron chi connectivity index (χ3n) is 5.41. The molecule has 0 saturated carbocycles. The third kappa shape index (κ3) is 6.00. The first-order valence-corrected chi connectivity index (χ1v) is 10.6. The first kappa shape index (κ1) is 21.2. The summed E-state index contributed by atoms with van der Waals surface area (Å²) in [5.74, 6) is -0.287. The van der Waals surface area contributed by atoms with Crippen LogP contribution in [0, 0.1) is 5.82 Å². The Bertz CT molecular complexity index is 995. The summed E-state index contributed by atoms with van der Waals surface area (Å²) in [6.07, 6.45) is 0.456. The molecule has 1 aliphatic rings. The molecule has 5 heteroatoms. The Hall–Kier alpha value is -3.02. The highest BCUT2D eigenvalue weighted by Crippen LogP contribution is 2.21. The quantitative estimate of drug-likeness (QED) is 0.559. The second-order valence-electron chi connectivity index (χ2n) is 7.97. The van der Waals surface area contributed by atoms with Gasteiger partial charge in [0.1, 0.15) is 11.9 Å². The maximum absolute atomic E-state index is 14.1. The molecule has 0 unspecified atom stereocenters. The molecule has 0 spiro atoms. The van der Waals surface area contributed by atoms with E-state index in [4.69, 9.17) is 4.84 Å². The van der Waals surface area contributed by atoms with Gasteiger partial charge in [-0.15, -0.1) is 0 Å². The number of benzene rings is 3. The SMILES string of the molecule is O[C@H](Cc1ccccc1)CN(Cc1ccccc1)C[C@H]1CC(c2ccccc2F)=NO1. The van der Waals surface area contributed by atoms with Gasteiger partial charge in [-0.2, -0.15) is 0 Å². The minimum Gasteiger partial charge on any atom is -0.391 e. The minimum absolute atomic E-state index is 0.178. The summed E-state index contributed by atoms with van der Waals surface area (Å²) < 4.78 is 14.1. The van der Waals surface area contributed by atoms with Crippen LogP contribution in [-0.2, 0) is 17.8 Å². The first-order chi connectivity index (χ1) is 15.2. The molecular weight excluding hydrogens is 391 g/mol. The number of rotatable bonds is 9. The standard InChI is InChI=1S/C26H27FN2O2/c27-25-14-8-7-13-24(25)26-16-23(31-28-26)19-29(17-21-11-5-2-6-12-21)18-22(30)15-20-9-3-1-4-10-20/h1-14,22-23,30H,15-19H2/t22-,23-/m1/s1. The summed E-state index contributed by atoms with van der Waals surface area (Å²) in [5.41, 5.74) is 3.40. The Morgan fingerprint density at radius 2 is 1.58 bits per heavy atom. The number of hydrogen-bond donors (Lipinski definition) is 1. The van der Waals surface area contributed by atoms with Gasteiger partial charge < -0.3 is 9.94 Å². The van der Waals surface area contributed by atoms with Crippen LogP contribution in [0.25, 0.3) is 0 Å². The maximum Gasteiger partial charge on any atom is 0.145 e. The molecule has 0 amide bonds. The van der Waals surface area contributed by atoms with Crippen LogP contribution in [0.2, 0.25) is 0 Å². The Labute approximate surface area is 182 Å². The highest BCUT2D eigenvalue weighted by Gasteiger charge is 2.27. The van der Waals surface area contributed by atoms with Crippen molar-refractivity contribution in [2.45, 2.75) is 31.6 Å². The molecule has 0 aromatic heterocycles. The van der Waals surface area contributed by atoms with E-state index in [0.29, 0.717) is 43.8 Å². The normalized spacial score (nSPS) is 16.7. The van der Waals surface area contributed by atoms with Crippen molar-refractivity contribution in [3.8, 4) is 0 Å². The molecule has 4 rings (SSSR count). The predicted molar refractivity (Wildman–Crippen MR) is 120 cm³/mol. The zero-order valence-corrected chi connectivity index (χ0v) is 17.4. The lowest BCUT2D eigenvalue weighted by atomic mass is 10.0. The number of aliphatic hydroxyl groups is 1. The molecule has 0 saturated heterocycles. The molecule has 0 radical (unpaired) electrons. The molecule has 3 aromatic rings. The molecule has 0 aliphatic carbocycles. The Balaban J connectivity index is 1.40. The first-order valence-electron chi connectivity index (χ1n) is 10.6. The van der Waals surface area contributed by atoms with Gasteiger partial charge in [-0.1, -0.05) is 84.0 Å². The van der Waals surface area contributed by atoms with Crippen LogP contribution in [0.1, 0.15) is 23.1 Å². The highest BCUT2D eigenvalue weighted by atomic mass is 19.1. The summed E-state index contributed by atoms with van der Waals surface area (Å²) in [4.78, 5) is 7.83. The monoisotopic (exact) mass is 418 g/mol. The van der Waals surface area contributed by atoms with E-state index in [2.05, 4.69) is 22.2 Å². The van der Waals surface area contributed by atoms with Crippen molar-refractivity contribution in [1.29, 1.82) is 0 Å². The second-order valence-corrected chi connectivity index (χ2v) is 7.97. The second kappa shape index (κ2) is 10.3. The number of oxime groups is 1. The van der Waals surface area contributed by atoms with Crippen LogP contribution in [0.5, 0.6) is 0 Å². The predicted octanol–water partition coefficient (Wildman–Crippen LogP) is 4.42. The van der Waals surface area contributed by atoms with Crippen LogP contribution in [-0.4, -0.2) is 41.0 Å². The lowest BCUT2D eigenvalue weighted by Crippen LogP contribution is -2.38. The molecular formula is C26H27FN2O2. The van der Waals surface area contributed by atoms with Crippen molar-refractivity contribution in [3.63, 3.8) is 0 Å². The number of hydrogen-bond acceptors (Lipinski definition) is 4. The van der Waals surface area contributed by atoms with Crippen molar-refractivity contribution in [2.75, 3.05) is 13.1 Å². The van der Waals surface area contributed by atoms with E-state index >= 15 is 0 Å². The van der Waals surface area contributed by atoms with Gasteiger partial charge in [-0.3, -0.25) is 4.90 Å². The molecule has 160 valence electrons. The van der Waals surface area contributed by atoms with Gasteiger partial charge in [-0.25, -0.2) is 4.39 Å². The molecule has 0 fully saturated rings. The van der Waals surface area contributed by atoms with Gasteiger partial charge >= 0.3 is 0 Å². The van der Waals surface area contributed by atoms with E-state index < -0.39 is 6.10 Å². The van der Waals surface area contributed by atoms with E-state index in [1.54, 1.807) is 18.2 Å². The molecule has 31 heavy (non-hydrogen) atoms. The van der Waals surface area contributed by atoms with Crippen molar-refractivity contribution in [1.82, 2.24) is 4.90 Å². The zero-order chi connectivity index (χ0) is 21.5. The van der Waals surface area contributed by atoms with Crippen molar-refractivity contribution in [2.24, 2.45) is 5.16 Å². The Morgan fingerprint density at radius 3 is 2.29 bits per heavy atom. The fourth-order valence-corrected chi connectivity index (χ4v) is 3.96. The van der Waals surface area contributed by atoms with Crippen LogP contribution in [0.3, 0.4) is 0 Å². The number of nitrogens with zero attached hydrogens (tertiary/aromatic N) is 2. The van der Waals surface area contributed by atoms with Gasteiger partial charge in [0.2, 0.25) is 0 Å². The zero-order valence-electron chi connectivity index (χ0n) is 17.4. The number of aliphatic hydroxyl groups excluding tert-OH is 1. The topological polar surface area (TPSA) is 45.1 Å². The molecule has 1 aliphatic heterocycles. The lowest BCUT2D eigenvalue weighted by molar-refractivity contribution is 0.0322. The van der Waals surface area contributed by atoms with Gasteiger partial charge in [0, 0.05) is 31.6 Å². The van der Waals surface area contributed by atoms with E-state index in [1.807, 2.05) is 48.5 Å². The fraction of sp³-hybridized carbons (Fsp3) is 0.269. The Morgan fingerprint density at radius 1 is 0.935 bits per heavy atom. The summed E-state index contributed by atoms with van der Waals surface area (Å²) >= 11 is 0. The smallest absolute Gasteiger partial charge is 0.145 e. The van der Waals surface area contributed by atoms with Crippen molar-refractivity contribution < 1.29 is 14.3 Å². The van der Waals surface area contributed by atoms with Crippen molar-refractivity contribution in [3.05, 3.63) is 107 Å². The Kier molecular flexibility index (Phi) is 7.07. The van der Waals surface area contributed by atoms with Gasteiger partial charge in [0.15, 0.2) is 0 Å². The summed E-state index contributed by atoms with van der Waals surface area (Å²) in [6.45, 7) is 1.81. The lowest BCUT2D eigenvalue weighted by Gasteiger charge is -2.27. The van der Waals surface area contributed by atoms with E-state index in [9.17, 15) is 9.50 Å². The van der Waals surface area contributed by atoms with Crippen LogP contribution >= 0.6 is 0 Å². The molecule has 2 atom stereocenters. The van der Waals surface area contributed by atoms with Crippen LogP contribution in [0.15, 0.2) is 90.1 Å². The molecule has 0 bridgehead atoms. The summed E-state index contributed by atoms with van der Waals surface area (Å²) in [6, 6.07) is 26.8. The fourth-order valence-electron chi connectivity index (χ4n) is 3.96. The number of halogens is 1. The highest BCUT2D eigenvalue weighted by molar-refractivity contribution is 6.01. The maximum atomic E-state index is 14.1. The average molecular weight is 419 g/mol.